The Hall–Kier alpha value is -1.56. The number of benzene rings is 1. The van der Waals surface area contributed by atoms with Crippen LogP contribution in [0.3, 0.4) is 0 Å². The average molecular weight is 402 g/mol. The summed E-state index contributed by atoms with van der Waals surface area (Å²) >= 11 is 0. The van der Waals surface area contributed by atoms with Gasteiger partial charge in [0.1, 0.15) is 0 Å². The van der Waals surface area contributed by atoms with Gasteiger partial charge in [-0.15, -0.1) is 24.8 Å². The van der Waals surface area contributed by atoms with E-state index >= 15 is 0 Å². The maximum absolute atomic E-state index is 12.1. The van der Waals surface area contributed by atoms with E-state index < -0.39 is 0 Å². The Kier molecular flexibility index (Phi) is 11.2. The van der Waals surface area contributed by atoms with Crippen LogP contribution >= 0.6 is 24.8 Å². The molecule has 0 bridgehead atoms. The van der Waals surface area contributed by atoms with Crippen LogP contribution in [0.5, 0.6) is 0 Å². The molecule has 1 aromatic heterocycles. The maximum atomic E-state index is 12.1. The smallest absolute Gasteiger partial charge is 0.220 e. The van der Waals surface area contributed by atoms with Crippen molar-refractivity contribution in [2.45, 2.75) is 51.5 Å². The third-order valence-corrected chi connectivity index (χ3v) is 4.56. The first-order valence-corrected chi connectivity index (χ1v) is 8.63. The van der Waals surface area contributed by atoms with E-state index in [0.29, 0.717) is 31.7 Å². The molecule has 0 saturated heterocycles. The Morgan fingerprint density at radius 3 is 2.42 bits per heavy atom. The van der Waals surface area contributed by atoms with Crippen LogP contribution in [0.15, 0.2) is 40.9 Å². The van der Waals surface area contributed by atoms with Gasteiger partial charge in [-0.05, 0) is 19.3 Å². The fourth-order valence-electron chi connectivity index (χ4n) is 2.69. The molecular weight excluding hydrogens is 373 g/mol. The van der Waals surface area contributed by atoms with Gasteiger partial charge in [0.2, 0.25) is 5.91 Å². The van der Waals surface area contributed by atoms with Gasteiger partial charge in [-0.2, -0.15) is 0 Å². The van der Waals surface area contributed by atoms with Crippen molar-refractivity contribution >= 4 is 30.7 Å². The lowest BCUT2D eigenvalue weighted by Gasteiger charge is -2.31. The van der Waals surface area contributed by atoms with Crippen LogP contribution in [0.2, 0.25) is 0 Å². The van der Waals surface area contributed by atoms with Crippen molar-refractivity contribution in [2.24, 2.45) is 5.73 Å². The van der Waals surface area contributed by atoms with E-state index in [9.17, 15) is 4.79 Å². The van der Waals surface area contributed by atoms with E-state index in [-0.39, 0.29) is 36.3 Å². The predicted octanol–water partition coefficient (Wildman–Crippen LogP) is 4.14. The second-order valence-electron chi connectivity index (χ2n) is 6.08. The fourth-order valence-corrected chi connectivity index (χ4v) is 2.69. The van der Waals surface area contributed by atoms with Crippen molar-refractivity contribution in [3.05, 3.63) is 42.4 Å². The molecule has 2 rings (SSSR count). The first-order valence-electron chi connectivity index (χ1n) is 8.63. The number of carbonyl (C=O) groups is 1. The van der Waals surface area contributed by atoms with Crippen molar-refractivity contribution in [3.63, 3.8) is 0 Å². The first kappa shape index (κ1) is 24.4. The summed E-state index contributed by atoms with van der Waals surface area (Å²) in [6, 6.07) is 9.87. The van der Waals surface area contributed by atoms with Crippen LogP contribution in [-0.2, 0) is 11.2 Å². The van der Waals surface area contributed by atoms with Gasteiger partial charge in [0.25, 0.3) is 0 Å². The van der Waals surface area contributed by atoms with Crippen LogP contribution < -0.4 is 11.1 Å². The largest absolute Gasteiger partial charge is 0.441 e. The molecule has 0 aliphatic carbocycles. The van der Waals surface area contributed by atoms with Gasteiger partial charge in [0.15, 0.2) is 11.7 Å². The summed E-state index contributed by atoms with van der Waals surface area (Å²) in [5, 5.41) is 3.08. The topological polar surface area (TPSA) is 81.1 Å². The molecular formula is C19H29Cl2N3O2. The van der Waals surface area contributed by atoms with Gasteiger partial charge in [0.05, 0.1) is 11.7 Å². The zero-order valence-corrected chi connectivity index (χ0v) is 17.0. The molecule has 0 aliphatic heterocycles. The molecule has 0 radical (unpaired) electrons. The van der Waals surface area contributed by atoms with Gasteiger partial charge in [-0.1, -0.05) is 44.2 Å². The van der Waals surface area contributed by atoms with Crippen molar-refractivity contribution in [2.75, 3.05) is 6.54 Å². The molecule has 0 fully saturated rings. The molecule has 0 atom stereocenters. The highest BCUT2D eigenvalue weighted by molar-refractivity contribution is 5.85. The zero-order chi connectivity index (χ0) is 17.4. The second-order valence-corrected chi connectivity index (χ2v) is 6.08. The van der Waals surface area contributed by atoms with Crippen molar-refractivity contribution in [3.8, 4) is 11.3 Å². The van der Waals surface area contributed by atoms with Crippen LogP contribution in [0.4, 0.5) is 0 Å². The molecule has 0 saturated carbocycles. The van der Waals surface area contributed by atoms with E-state index in [1.54, 1.807) is 6.20 Å². The average Bonchev–Trinajstić information content (AvgIpc) is 3.09. The van der Waals surface area contributed by atoms with Gasteiger partial charge >= 0.3 is 0 Å². The number of hydrogen-bond donors (Lipinski definition) is 2. The Morgan fingerprint density at radius 2 is 1.85 bits per heavy atom. The number of nitrogens with two attached hydrogens (primary N) is 1. The molecule has 1 aromatic carbocycles. The maximum Gasteiger partial charge on any atom is 0.220 e. The number of nitrogens with zero attached hydrogens (tertiary/aromatic N) is 1. The molecule has 1 amide bonds. The third-order valence-electron chi connectivity index (χ3n) is 4.56. The minimum atomic E-state index is -0.277. The van der Waals surface area contributed by atoms with Crippen LogP contribution in [0, 0.1) is 0 Å². The van der Waals surface area contributed by atoms with Crippen molar-refractivity contribution in [1.82, 2.24) is 10.3 Å². The minimum Gasteiger partial charge on any atom is -0.441 e. The molecule has 2 aromatic rings. The summed E-state index contributed by atoms with van der Waals surface area (Å²) in [6.07, 6.45) is 5.21. The fraction of sp³-hybridized carbons (Fsp3) is 0.474. The SMILES string of the molecule is CCC(CC)(CN)NC(=O)CCCc1ncc(-c2ccccc2)o1.Cl.Cl. The normalized spacial score (nSPS) is 10.6. The predicted molar refractivity (Wildman–Crippen MR) is 110 cm³/mol. The zero-order valence-electron chi connectivity index (χ0n) is 15.4. The first-order chi connectivity index (χ1) is 11.6. The molecule has 1 heterocycles. The molecule has 0 aliphatic rings. The summed E-state index contributed by atoms with van der Waals surface area (Å²) in [5.74, 6) is 1.46. The van der Waals surface area contributed by atoms with E-state index in [4.69, 9.17) is 10.2 Å². The molecule has 0 unspecified atom stereocenters. The van der Waals surface area contributed by atoms with Crippen LogP contribution in [-0.4, -0.2) is 23.0 Å². The summed E-state index contributed by atoms with van der Waals surface area (Å²) in [5.41, 5.74) is 6.54. The number of hydrogen-bond acceptors (Lipinski definition) is 4. The van der Waals surface area contributed by atoms with Gasteiger partial charge in [-0.25, -0.2) is 4.98 Å². The number of oxazole rings is 1. The third kappa shape index (κ3) is 6.63. The molecule has 0 spiro atoms. The van der Waals surface area contributed by atoms with Gasteiger partial charge in [-0.3, -0.25) is 4.79 Å². The lowest BCUT2D eigenvalue weighted by molar-refractivity contribution is -0.123. The summed E-state index contributed by atoms with van der Waals surface area (Å²) in [6.45, 7) is 4.56. The lowest BCUT2D eigenvalue weighted by atomic mass is 9.92. The van der Waals surface area contributed by atoms with E-state index in [1.165, 1.54) is 0 Å². The number of halogens is 2. The minimum absolute atomic E-state index is 0. The Bertz CT molecular complexity index is 635. The highest BCUT2D eigenvalue weighted by Crippen LogP contribution is 2.20. The monoisotopic (exact) mass is 401 g/mol. The summed E-state index contributed by atoms with van der Waals surface area (Å²) < 4.78 is 5.75. The number of carbonyl (C=O) groups excluding carboxylic acids is 1. The highest BCUT2D eigenvalue weighted by Gasteiger charge is 2.25. The van der Waals surface area contributed by atoms with Crippen LogP contribution in [0.25, 0.3) is 11.3 Å². The number of nitrogens with one attached hydrogen (secondary N) is 1. The van der Waals surface area contributed by atoms with Crippen molar-refractivity contribution in [1.29, 1.82) is 0 Å². The van der Waals surface area contributed by atoms with E-state index in [1.807, 2.05) is 30.3 Å². The number of aromatic nitrogens is 1. The molecule has 7 heteroatoms. The number of rotatable bonds is 9. The molecule has 3 N–H and O–H groups in total. The second kappa shape index (κ2) is 11.9. The Morgan fingerprint density at radius 1 is 1.19 bits per heavy atom. The van der Waals surface area contributed by atoms with E-state index in [2.05, 4.69) is 24.1 Å². The van der Waals surface area contributed by atoms with E-state index in [0.717, 1.165) is 24.2 Å². The number of amides is 1. The molecule has 5 nitrogen and oxygen atoms in total. The Labute approximate surface area is 168 Å². The summed E-state index contributed by atoms with van der Waals surface area (Å²) in [4.78, 5) is 16.4. The summed E-state index contributed by atoms with van der Waals surface area (Å²) in [7, 11) is 0. The Balaban J connectivity index is 0.00000312. The van der Waals surface area contributed by atoms with Crippen LogP contribution in [0.1, 0.15) is 45.4 Å². The molecule has 26 heavy (non-hydrogen) atoms. The molecule has 146 valence electrons. The quantitative estimate of drug-likeness (QED) is 0.661. The lowest BCUT2D eigenvalue weighted by Crippen LogP contribution is -2.52. The van der Waals surface area contributed by atoms with Crippen molar-refractivity contribution < 1.29 is 9.21 Å². The number of aryl methyl sites for hydroxylation is 1. The van der Waals surface area contributed by atoms with Gasteiger partial charge in [0, 0.05) is 24.9 Å². The standard InChI is InChI=1S/C19H27N3O2.2ClH/c1-3-19(4-2,14-20)22-17(23)11-8-12-18-21-13-16(24-18)15-9-6-5-7-10-15;;/h5-7,9-10,13H,3-4,8,11-12,14,20H2,1-2H3,(H,22,23);2*1H. The van der Waals surface area contributed by atoms with Gasteiger partial charge < -0.3 is 15.5 Å². The highest BCUT2D eigenvalue weighted by atomic mass is 35.5.